The van der Waals surface area contributed by atoms with Crippen LogP contribution < -0.4 is 10.9 Å². The van der Waals surface area contributed by atoms with Gasteiger partial charge in [-0.05, 0) is 36.8 Å². The maximum Gasteiger partial charge on any atom is 0.426 e. The van der Waals surface area contributed by atoms with Crippen LogP contribution in [0.5, 0.6) is 0 Å². The highest BCUT2D eigenvalue weighted by Crippen LogP contribution is 2.44. The van der Waals surface area contributed by atoms with Crippen molar-refractivity contribution >= 4 is 0 Å². The van der Waals surface area contributed by atoms with Gasteiger partial charge in [0.15, 0.2) is 0 Å². The molecule has 0 aromatic heterocycles. The molecule has 0 amide bonds. The van der Waals surface area contributed by atoms with E-state index in [1.807, 2.05) is 6.07 Å². The van der Waals surface area contributed by atoms with E-state index in [2.05, 4.69) is 10.9 Å². The van der Waals surface area contributed by atoms with E-state index < -0.39 is 11.8 Å². The molecule has 2 nitrogen and oxygen atoms in total. The lowest BCUT2D eigenvalue weighted by molar-refractivity contribution is -0.165. The molecule has 1 fully saturated rings. The smallest absolute Gasteiger partial charge is 0.223 e. The van der Waals surface area contributed by atoms with Gasteiger partial charge in [-0.3, -0.25) is 0 Å². The number of hydrogen-bond donors (Lipinski definition) is 2. The molecule has 3 rings (SSSR count). The molecule has 2 bridgehead atoms. The monoisotopic (exact) mass is 242 g/mol. The first-order chi connectivity index (χ1) is 8.03. The normalized spacial score (nSPS) is 22.1. The van der Waals surface area contributed by atoms with E-state index in [1.165, 1.54) is 0 Å². The minimum atomic E-state index is -4.31. The zero-order valence-electron chi connectivity index (χ0n) is 9.19. The molecule has 2 aliphatic rings. The topological polar surface area (TPSA) is 43.9 Å². The van der Waals surface area contributed by atoms with Crippen LogP contribution in [0.25, 0.3) is 0 Å². The van der Waals surface area contributed by atoms with Crippen LogP contribution >= 0.6 is 0 Å². The molecule has 1 aromatic rings. The second kappa shape index (κ2) is 3.46. The molecular formula is C12H13F3N2. The fourth-order valence-corrected chi connectivity index (χ4v) is 2.51. The summed E-state index contributed by atoms with van der Waals surface area (Å²) in [5.41, 5.74) is 4.81. The molecular weight excluding hydrogens is 229 g/mol. The van der Waals surface area contributed by atoms with Gasteiger partial charge in [-0.2, -0.15) is 13.2 Å². The van der Waals surface area contributed by atoms with Crippen molar-refractivity contribution in [3.8, 4) is 0 Å². The van der Waals surface area contributed by atoms with Crippen LogP contribution in [-0.2, 0) is 18.5 Å². The minimum Gasteiger partial charge on any atom is -0.223 e. The van der Waals surface area contributed by atoms with Crippen LogP contribution in [0.4, 0.5) is 13.2 Å². The average molecular weight is 242 g/mol. The predicted molar refractivity (Wildman–Crippen MR) is 57.1 cm³/mol. The van der Waals surface area contributed by atoms with Gasteiger partial charge in [0.1, 0.15) is 0 Å². The number of rotatable bonds is 1. The Morgan fingerprint density at radius 2 is 1.76 bits per heavy atom. The van der Waals surface area contributed by atoms with Gasteiger partial charge in [-0.25, -0.2) is 10.9 Å². The molecule has 1 aromatic carbocycles. The molecule has 0 atom stereocenters. The fourth-order valence-electron chi connectivity index (χ4n) is 2.51. The van der Waals surface area contributed by atoms with E-state index in [1.54, 1.807) is 12.1 Å². The Morgan fingerprint density at radius 1 is 1.06 bits per heavy atom. The third-order valence-electron chi connectivity index (χ3n) is 3.54. The van der Waals surface area contributed by atoms with E-state index in [9.17, 15) is 13.2 Å². The largest absolute Gasteiger partial charge is 0.426 e. The first kappa shape index (κ1) is 11.0. The number of fused-ring (bicyclic) bond motifs is 2. The summed E-state index contributed by atoms with van der Waals surface area (Å²) in [7, 11) is 0. The standard InChI is InChI=1S/C12H13F3N2/c13-12(14,15)11(16-17-11)10-6-5-8-3-1-2-4-9(10)7-8/h5-7,16-17H,1-4H2. The SMILES string of the molecule is FC(F)(F)C1(c2ccc3cc2CCCC3)NN1. The number of benzene rings is 1. The van der Waals surface area contributed by atoms with Crippen molar-refractivity contribution in [2.45, 2.75) is 37.5 Å². The number of alkyl halides is 3. The van der Waals surface area contributed by atoms with Gasteiger partial charge in [0.05, 0.1) is 0 Å². The van der Waals surface area contributed by atoms with Crippen molar-refractivity contribution in [3.63, 3.8) is 0 Å². The zero-order chi connectivity index (χ0) is 12.1. The maximum atomic E-state index is 13.0. The lowest BCUT2D eigenvalue weighted by Gasteiger charge is -2.19. The Bertz CT molecular complexity index is 450. The second-order valence-electron chi connectivity index (χ2n) is 4.70. The molecule has 0 unspecified atom stereocenters. The molecule has 1 aliphatic carbocycles. The van der Waals surface area contributed by atoms with Gasteiger partial charge in [0.25, 0.3) is 0 Å². The van der Waals surface area contributed by atoms with Crippen LogP contribution in [0.15, 0.2) is 18.2 Å². The molecule has 0 spiro atoms. The van der Waals surface area contributed by atoms with Crippen molar-refractivity contribution in [2.75, 3.05) is 0 Å². The minimum absolute atomic E-state index is 0.329. The van der Waals surface area contributed by atoms with Crippen LogP contribution in [-0.4, -0.2) is 6.18 Å². The summed E-state index contributed by atoms with van der Waals surface area (Å²) in [5.74, 6) is 0. The molecule has 5 heteroatoms. The highest BCUT2D eigenvalue weighted by atomic mass is 19.4. The second-order valence-corrected chi connectivity index (χ2v) is 4.70. The molecule has 1 aliphatic heterocycles. The number of nitrogens with one attached hydrogen (secondary N) is 2. The lowest BCUT2D eigenvalue weighted by Crippen LogP contribution is -2.35. The van der Waals surface area contributed by atoms with Crippen molar-refractivity contribution in [2.24, 2.45) is 0 Å². The van der Waals surface area contributed by atoms with Crippen molar-refractivity contribution < 1.29 is 13.2 Å². The quantitative estimate of drug-likeness (QED) is 0.743. The Hall–Kier alpha value is -1.07. The summed E-state index contributed by atoms with van der Waals surface area (Å²) in [6, 6.07) is 5.33. The van der Waals surface area contributed by atoms with Crippen molar-refractivity contribution in [1.29, 1.82) is 0 Å². The summed E-state index contributed by atoms with van der Waals surface area (Å²) >= 11 is 0. The first-order valence-electron chi connectivity index (χ1n) is 5.76. The van der Waals surface area contributed by atoms with Gasteiger partial charge < -0.3 is 0 Å². The van der Waals surface area contributed by atoms with Crippen molar-refractivity contribution in [1.82, 2.24) is 10.9 Å². The Balaban J connectivity index is 2.06. The van der Waals surface area contributed by atoms with Crippen LogP contribution in [0, 0.1) is 0 Å². The number of hydrogen-bond acceptors (Lipinski definition) is 2. The van der Waals surface area contributed by atoms with E-state index in [-0.39, 0.29) is 0 Å². The lowest BCUT2D eigenvalue weighted by atomic mass is 9.94. The molecule has 2 N–H and O–H groups in total. The molecule has 17 heavy (non-hydrogen) atoms. The fraction of sp³-hybridized carbons (Fsp3) is 0.500. The van der Waals surface area contributed by atoms with Crippen LogP contribution in [0.3, 0.4) is 0 Å². The summed E-state index contributed by atoms with van der Waals surface area (Å²) in [5, 5.41) is 0. The Morgan fingerprint density at radius 3 is 2.41 bits per heavy atom. The molecule has 1 heterocycles. The molecule has 92 valence electrons. The summed E-state index contributed by atoms with van der Waals surface area (Å²) < 4.78 is 39.0. The van der Waals surface area contributed by atoms with Gasteiger partial charge in [0.2, 0.25) is 5.66 Å². The van der Waals surface area contributed by atoms with E-state index >= 15 is 0 Å². The predicted octanol–water partition coefficient (Wildman–Crippen LogP) is 2.39. The van der Waals surface area contributed by atoms with Crippen molar-refractivity contribution in [3.05, 3.63) is 34.9 Å². The summed E-state index contributed by atoms with van der Waals surface area (Å²) in [6.45, 7) is 0. The summed E-state index contributed by atoms with van der Waals surface area (Å²) in [6.07, 6.45) is -0.615. The molecule has 0 radical (unpaired) electrons. The Kier molecular flexibility index (Phi) is 2.25. The molecule has 1 saturated heterocycles. The van der Waals surface area contributed by atoms with Gasteiger partial charge in [-0.15, -0.1) is 0 Å². The van der Waals surface area contributed by atoms with E-state index in [4.69, 9.17) is 0 Å². The van der Waals surface area contributed by atoms with Gasteiger partial charge >= 0.3 is 6.18 Å². The third-order valence-corrected chi connectivity index (χ3v) is 3.54. The third kappa shape index (κ3) is 1.65. The number of aryl methyl sites for hydroxylation is 2. The molecule has 0 saturated carbocycles. The van der Waals surface area contributed by atoms with Gasteiger partial charge in [0, 0.05) is 5.56 Å². The zero-order valence-corrected chi connectivity index (χ0v) is 9.19. The Labute approximate surface area is 97.2 Å². The highest BCUT2D eigenvalue weighted by molar-refractivity contribution is 5.41. The maximum absolute atomic E-state index is 13.0. The van der Waals surface area contributed by atoms with E-state index in [0.29, 0.717) is 5.56 Å². The number of hydrazine groups is 1. The summed E-state index contributed by atoms with van der Waals surface area (Å²) in [4.78, 5) is 0. The highest BCUT2D eigenvalue weighted by Gasteiger charge is 2.65. The van der Waals surface area contributed by atoms with Gasteiger partial charge in [-0.1, -0.05) is 18.2 Å². The van der Waals surface area contributed by atoms with E-state index in [0.717, 1.165) is 36.8 Å². The van der Waals surface area contributed by atoms with Crippen LogP contribution in [0.1, 0.15) is 29.5 Å². The average Bonchev–Trinajstić information content (AvgIpc) is 3.05. The number of halogens is 3. The first-order valence-corrected chi connectivity index (χ1v) is 5.76. The van der Waals surface area contributed by atoms with Crippen LogP contribution in [0.2, 0.25) is 0 Å².